The third-order valence-corrected chi connectivity index (χ3v) is 5.14. The highest BCUT2D eigenvalue weighted by Gasteiger charge is 2.18. The van der Waals surface area contributed by atoms with Crippen molar-refractivity contribution < 1.29 is 13.9 Å². The molecule has 4 aromatic rings. The highest BCUT2D eigenvalue weighted by Crippen LogP contribution is 2.28. The Morgan fingerprint density at radius 2 is 2.10 bits per heavy atom. The Morgan fingerprint density at radius 1 is 1.17 bits per heavy atom. The Bertz CT molecular complexity index is 1110. The molecule has 152 valence electrons. The molecule has 1 amide bonds. The number of pyridine rings is 1. The largest absolute Gasteiger partial charge is 0.497 e. The summed E-state index contributed by atoms with van der Waals surface area (Å²) in [6.07, 6.45) is 3.28. The Labute approximate surface area is 177 Å². The van der Waals surface area contributed by atoms with Crippen LogP contribution in [0.1, 0.15) is 5.76 Å². The second-order valence-electron chi connectivity index (χ2n) is 6.20. The van der Waals surface area contributed by atoms with Crippen molar-refractivity contribution in [2.24, 2.45) is 0 Å². The van der Waals surface area contributed by atoms with Gasteiger partial charge in [0.15, 0.2) is 11.0 Å². The van der Waals surface area contributed by atoms with Crippen molar-refractivity contribution in [1.82, 2.24) is 25.1 Å². The van der Waals surface area contributed by atoms with Gasteiger partial charge in [0.2, 0.25) is 5.91 Å². The molecule has 4 rings (SSSR count). The summed E-state index contributed by atoms with van der Waals surface area (Å²) in [5.41, 5.74) is 1.50. The second-order valence-corrected chi connectivity index (χ2v) is 7.15. The molecule has 0 atom stereocenters. The summed E-state index contributed by atoms with van der Waals surface area (Å²) in [6, 6.07) is 16.8. The Hall–Kier alpha value is -3.59. The van der Waals surface area contributed by atoms with Crippen LogP contribution in [0.5, 0.6) is 5.75 Å². The fraction of sp³-hybridized carbons (Fsp3) is 0.143. The second kappa shape index (κ2) is 9.27. The van der Waals surface area contributed by atoms with Gasteiger partial charge in [-0.2, -0.15) is 0 Å². The minimum atomic E-state index is -0.129. The van der Waals surface area contributed by atoms with Gasteiger partial charge >= 0.3 is 0 Å². The lowest BCUT2D eigenvalue weighted by Crippen LogP contribution is -2.24. The molecule has 0 saturated carbocycles. The number of ether oxygens (including phenoxy) is 1. The number of rotatable bonds is 8. The third-order valence-electron chi connectivity index (χ3n) is 4.21. The summed E-state index contributed by atoms with van der Waals surface area (Å²) in [5.74, 6) is 2.05. The van der Waals surface area contributed by atoms with E-state index in [1.54, 1.807) is 25.6 Å². The van der Waals surface area contributed by atoms with E-state index >= 15 is 0 Å². The molecule has 0 unspecified atom stereocenters. The highest BCUT2D eigenvalue weighted by atomic mass is 32.2. The van der Waals surface area contributed by atoms with E-state index in [4.69, 9.17) is 9.15 Å². The van der Waals surface area contributed by atoms with E-state index < -0.39 is 0 Å². The minimum absolute atomic E-state index is 0.129. The Balaban J connectivity index is 1.58. The number of hydrogen-bond acceptors (Lipinski definition) is 7. The van der Waals surface area contributed by atoms with E-state index in [0.29, 0.717) is 34.7 Å². The number of nitrogens with one attached hydrogen (secondary N) is 1. The zero-order valence-corrected chi connectivity index (χ0v) is 17.0. The topological polar surface area (TPSA) is 95.1 Å². The predicted octanol–water partition coefficient (Wildman–Crippen LogP) is 3.34. The molecule has 0 aliphatic heterocycles. The summed E-state index contributed by atoms with van der Waals surface area (Å²) in [4.78, 5) is 16.7. The number of nitrogens with zero attached hydrogens (tertiary/aromatic N) is 4. The fourth-order valence-electron chi connectivity index (χ4n) is 2.79. The maximum atomic E-state index is 12.3. The van der Waals surface area contributed by atoms with Crippen LogP contribution in [0.25, 0.3) is 17.2 Å². The average Bonchev–Trinajstić information content (AvgIpc) is 3.47. The fourth-order valence-corrected chi connectivity index (χ4v) is 3.57. The lowest BCUT2D eigenvalue weighted by atomic mass is 10.2. The van der Waals surface area contributed by atoms with E-state index in [1.165, 1.54) is 11.8 Å². The number of furan rings is 1. The van der Waals surface area contributed by atoms with Crippen molar-refractivity contribution in [3.05, 3.63) is 72.8 Å². The Kier molecular flexibility index (Phi) is 6.09. The number of carbonyl (C=O) groups excluding carboxylic acids is 1. The van der Waals surface area contributed by atoms with Crippen LogP contribution in [0.4, 0.5) is 0 Å². The average molecular weight is 421 g/mol. The molecule has 0 aliphatic carbocycles. The lowest BCUT2D eigenvalue weighted by Gasteiger charge is -2.11. The van der Waals surface area contributed by atoms with Gasteiger partial charge in [0.05, 0.1) is 31.4 Å². The number of amides is 1. The maximum absolute atomic E-state index is 12.3. The van der Waals surface area contributed by atoms with E-state index in [2.05, 4.69) is 20.5 Å². The van der Waals surface area contributed by atoms with Crippen molar-refractivity contribution in [3.8, 4) is 23.0 Å². The van der Waals surface area contributed by atoms with Crippen LogP contribution >= 0.6 is 11.8 Å². The van der Waals surface area contributed by atoms with Crippen LogP contribution in [0.15, 0.2) is 76.6 Å². The summed E-state index contributed by atoms with van der Waals surface area (Å²) in [6.45, 7) is 0.341. The van der Waals surface area contributed by atoms with Crippen LogP contribution in [0.3, 0.4) is 0 Å². The number of aromatic nitrogens is 4. The molecule has 0 fully saturated rings. The van der Waals surface area contributed by atoms with Crippen LogP contribution < -0.4 is 10.1 Å². The zero-order chi connectivity index (χ0) is 20.8. The van der Waals surface area contributed by atoms with Crippen molar-refractivity contribution in [2.45, 2.75) is 11.7 Å². The highest BCUT2D eigenvalue weighted by molar-refractivity contribution is 7.99. The molecule has 1 N–H and O–H groups in total. The van der Waals surface area contributed by atoms with Gasteiger partial charge in [0, 0.05) is 12.3 Å². The molecule has 0 spiro atoms. The van der Waals surface area contributed by atoms with E-state index in [-0.39, 0.29) is 11.7 Å². The Morgan fingerprint density at radius 3 is 2.87 bits per heavy atom. The van der Waals surface area contributed by atoms with Crippen LogP contribution in [-0.2, 0) is 11.3 Å². The van der Waals surface area contributed by atoms with Crippen molar-refractivity contribution in [2.75, 3.05) is 12.9 Å². The molecule has 3 aromatic heterocycles. The van der Waals surface area contributed by atoms with Crippen molar-refractivity contribution in [3.63, 3.8) is 0 Å². The van der Waals surface area contributed by atoms with Gasteiger partial charge in [-0.25, -0.2) is 0 Å². The molecule has 0 radical (unpaired) electrons. The summed E-state index contributed by atoms with van der Waals surface area (Å²) >= 11 is 1.29. The maximum Gasteiger partial charge on any atom is 0.230 e. The van der Waals surface area contributed by atoms with Gasteiger partial charge in [-0.3, -0.25) is 14.3 Å². The monoisotopic (exact) mass is 421 g/mol. The number of hydrogen-bond donors (Lipinski definition) is 1. The van der Waals surface area contributed by atoms with E-state index in [0.717, 1.165) is 5.69 Å². The first-order valence-corrected chi connectivity index (χ1v) is 10.2. The predicted molar refractivity (Wildman–Crippen MR) is 112 cm³/mol. The molecule has 8 nitrogen and oxygen atoms in total. The molecule has 3 heterocycles. The summed E-state index contributed by atoms with van der Waals surface area (Å²) in [5, 5.41) is 12.0. The van der Waals surface area contributed by atoms with E-state index in [1.807, 2.05) is 53.1 Å². The van der Waals surface area contributed by atoms with Crippen LogP contribution in [0, 0.1) is 0 Å². The van der Waals surface area contributed by atoms with Crippen molar-refractivity contribution in [1.29, 1.82) is 0 Å². The van der Waals surface area contributed by atoms with Gasteiger partial charge in [-0.1, -0.05) is 23.9 Å². The van der Waals surface area contributed by atoms with Gasteiger partial charge in [-0.15, -0.1) is 10.2 Å². The van der Waals surface area contributed by atoms with Gasteiger partial charge < -0.3 is 14.5 Å². The molecular weight excluding hydrogens is 402 g/mol. The van der Waals surface area contributed by atoms with Gasteiger partial charge in [0.25, 0.3) is 0 Å². The minimum Gasteiger partial charge on any atom is -0.497 e. The van der Waals surface area contributed by atoms with Crippen molar-refractivity contribution >= 4 is 17.7 Å². The molecule has 0 bridgehead atoms. The SMILES string of the molecule is COc1cccc(-n2c(SCC(=O)NCc3ccco3)nnc2-c2ccccn2)c1. The van der Waals surface area contributed by atoms with Gasteiger partial charge in [0.1, 0.15) is 17.2 Å². The molecular formula is C21H19N5O3S. The standard InChI is InChI=1S/C21H19N5O3S/c1-28-16-7-4-6-15(12-16)26-20(18-9-2-3-10-22-18)24-25-21(26)30-14-19(27)23-13-17-8-5-11-29-17/h2-12H,13-14H2,1H3,(H,23,27). The summed E-state index contributed by atoms with van der Waals surface area (Å²) < 4.78 is 12.5. The number of carbonyl (C=O) groups is 1. The molecule has 0 saturated heterocycles. The number of methoxy groups -OCH3 is 1. The summed E-state index contributed by atoms with van der Waals surface area (Å²) in [7, 11) is 1.62. The number of benzene rings is 1. The zero-order valence-electron chi connectivity index (χ0n) is 16.2. The molecule has 30 heavy (non-hydrogen) atoms. The first-order chi connectivity index (χ1) is 14.7. The van der Waals surface area contributed by atoms with E-state index in [9.17, 15) is 4.79 Å². The normalized spacial score (nSPS) is 10.7. The lowest BCUT2D eigenvalue weighted by molar-refractivity contribution is -0.118. The quantitative estimate of drug-likeness (QED) is 0.436. The molecule has 1 aromatic carbocycles. The third kappa shape index (κ3) is 4.52. The smallest absolute Gasteiger partial charge is 0.230 e. The molecule has 9 heteroatoms. The first-order valence-electron chi connectivity index (χ1n) is 9.18. The van der Waals surface area contributed by atoms with Crippen LogP contribution in [-0.4, -0.2) is 38.5 Å². The van der Waals surface area contributed by atoms with Gasteiger partial charge in [-0.05, 0) is 36.4 Å². The van der Waals surface area contributed by atoms with Crippen LogP contribution in [0.2, 0.25) is 0 Å². The first kappa shape index (κ1) is 19.7. The molecule has 0 aliphatic rings. The number of thioether (sulfide) groups is 1.